The molecule has 0 aliphatic rings. The number of aromatic nitrogens is 1. The third kappa shape index (κ3) is 2.93. The van der Waals surface area contributed by atoms with Crippen LogP contribution in [0.2, 0.25) is 0 Å². The molecule has 4 nitrogen and oxygen atoms in total. The molecule has 0 bridgehead atoms. The van der Waals surface area contributed by atoms with E-state index >= 15 is 0 Å². The average molecular weight is 232 g/mol. The largest absolute Gasteiger partial charge is 0.395 e. The van der Waals surface area contributed by atoms with E-state index in [0.717, 1.165) is 17.0 Å². The maximum atomic E-state index is 8.87. The topological polar surface area (TPSA) is 72.3 Å². The Kier molecular flexibility index (Phi) is 3.56. The fraction of sp³-hybridized carbons (Fsp3) is 0.308. The molecule has 2 aromatic rings. The monoisotopic (exact) mass is 232 g/mol. The van der Waals surface area contributed by atoms with E-state index in [4.69, 9.17) is 15.4 Å². The van der Waals surface area contributed by atoms with Gasteiger partial charge in [0.05, 0.1) is 12.3 Å². The normalized spacial score (nSPS) is 12.6. The lowest BCUT2D eigenvalue weighted by atomic mass is 10.1. The molecule has 0 saturated carbocycles. The highest BCUT2D eigenvalue weighted by molar-refractivity contribution is 5.57. The third-order valence-corrected chi connectivity index (χ3v) is 2.60. The molecule has 1 aromatic carbocycles. The van der Waals surface area contributed by atoms with Crippen molar-refractivity contribution in [3.05, 3.63) is 41.6 Å². The SMILES string of the molecule is Cc1ccc(-c2cc(CC(N)CO)no2)cc1. The van der Waals surface area contributed by atoms with Crippen LogP contribution in [-0.4, -0.2) is 22.9 Å². The Labute approximate surface area is 100 Å². The number of hydrogen-bond donors (Lipinski definition) is 2. The molecule has 4 heteroatoms. The van der Waals surface area contributed by atoms with Gasteiger partial charge in [-0.25, -0.2) is 0 Å². The average Bonchev–Trinajstić information content (AvgIpc) is 2.78. The highest BCUT2D eigenvalue weighted by Crippen LogP contribution is 2.21. The minimum absolute atomic E-state index is 0.0489. The van der Waals surface area contributed by atoms with Crippen molar-refractivity contribution in [3.8, 4) is 11.3 Å². The van der Waals surface area contributed by atoms with E-state index in [9.17, 15) is 0 Å². The number of benzene rings is 1. The molecule has 1 atom stereocenters. The predicted octanol–water partition coefficient (Wildman–Crippen LogP) is 1.51. The van der Waals surface area contributed by atoms with Gasteiger partial charge in [0.2, 0.25) is 0 Å². The fourth-order valence-corrected chi connectivity index (χ4v) is 1.60. The summed E-state index contributed by atoms with van der Waals surface area (Å²) in [6.07, 6.45) is 0.520. The zero-order chi connectivity index (χ0) is 12.3. The first-order valence-electron chi connectivity index (χ1n) is 5.58. The molecule has 0 fully saturated rings. The van der Waals surface area contributed by atoms with Gasteiger partial charge < -0.3 is 15.4 Å². The summed E-state index contributed by atoms with van der Waals surface area (Å²) in [5, 5.41) is 12.8. The van der Waals surface area contributed by atoms with Gasteiger partial charge in [-0.15, -0.1) is 0 Å². The van der Waals surface area contributed by atoms with Crippen LogP contribution in [0.15, 0.2) is 34.9 Å². The Morgan fingerprint density at radius 3 is 2.71 bits per heavy atom. The summed E-state index contributed by atoms with van der Waals surface area (Å²) in [4.78, 5) is 0. The van der Waals surface area contributed by atoms with Crippen LogP contribution >= 0.6 is 0 Å². The van der Waals surface area contributed by atoms with E-state index in [1.165, 1.54) is 5.56 Å². The first-order valence-corrected chi connectivity index (χ1v) is 5.58. The second-order valence-corrected chi connectivity index (χ2v) is 4.20. The lowest BCUT2D eigenvalue weighted by Gasteiger charge is -2.02. The summed E-state index contributed by atoms with van der Waals surface area (Å²) >= 11 is 0. The molecular weight excluding hydrogens is 216 g/mol. The molecule has 2 rings (SSSR count). The van der Waals surface area contributed by atoms with E-state index < -0.39 is 0 Å². The summed E-state index contributed by atoms with van der Waals surface area (Å²) in [7, 11) is 0. The van der Waals surface area contributed by atoms with Crippen molar-refractivity contribution >= 4 is 0 Å². The Morgan fingerprint density at radius 1 is 1.35 bits per heavy atom. The molecule has 1 unspecified atom stereocenters. The van der Waals surface area contributed by atoms with Gasteiger partial charge in [-0.1, -0.05) is 35.0 Å². The third-order valence-electron chi connectivity index (χ3n) is 2.60. The number of aliphatic hydroxyl groups excluding tert-OH is 1. The second kappa shape index (κ2) is 5.12. The van der Waals surface area contributed by atoms with Crippen LogP contribution in [-0.2, 0) is 6.42 Å². The smallest absolute Gasteiger partial charge is 0.167 e. The molecule has 3 N–H and O–H groups in total. The Balaban J connectivity index is 2.15. The van der Waals surface area contributed by atoms with Gasteiger partial charge in [0, 0.05) is 24.1 Å². The number of hydrogen-bond acceptors (Lipinski definition) is 4. The van der Waals surface area contributed by atoms with Crippen LogP contribution in [0.5, 0.6) is 0 Å². The van der Waals surface area contributed by atoms with Gasteiger partial charge >= 0.3 is 0 Å². The summed E-state index contributed by atoms with van der Waals surface area (Å²) in [5.41, 5.74) is 8.60. The molecule has 90 valence electrons. The zero-order valence-electron chi connectivity index (χ0n) is 9.76. The van der Waals surface area contributed by atoms with Gasteiger partial charge in [-0.3, -0.25) is 0 Å². The van der Waals surface area contributed by atoms with Crippen molar-refractivity contribution in [1.29, 1.82) is 0 Å². The van der Waals surface area contributed by atoms with Crippen molar-refractivity contribution in [1.82, 2.24) is 5.16 Å². The van der Waals surface area contributed by atoms with Gasteiger partial charge in [0.25, 0.3) is 0 Å². The summed E-state index contributed by atoms with van der Waals surface area (Å²) in [6.45, 7) is 1.99. The van der Waals surface area contributed by atoms with Crippen molar-refractivity contribution < 1.29 is 9.63 Å². The Hall–Kier alpha value is -1.65. The Morgan fingerprint density at radius 2 is 2.06 bits per heavy atom. The molecule has 0 saturated heterocycles. The summed E-state index contributed by atoms with van der Waals surface area (Å²) in [5.74, 6) is 0.727. The highest BCUT2D eigenvalue weighted by atomic mass is 16.5. The van der Waals surface area contributed by atoms with E-state index in [0.29, 0.717) is 6.42 Å². The van der Waals surface area contributed by atoms with E-state index in [-0.39, 0.29) is 12.6 Å². The Bertz CT molecular complexity index is 476. The number of nitrogens with two attached hydrogens (primary N) is 1. The van der Waals surface area contributed by atoms with E-state index in [1.807, 2.05) is 37.3 Å². The lowest BCUT2D eigenvalue weighted by Crippen LogP contribution is -2.26. The van der Waals surface area contributed by atoms with Gasteiger partial charge in [0.15, 0.2) is 5.76 Å². The van der Waals surface area contributed by atoms with Gasteiger partial charge in [-0.05, 0) is 6.92 Å². The van der Waals surface area contributed by atoms with Crippen molar-refractivity contribution in [3.63, 3.8) is 0 Å². The lowest BCUT2D eigenvalue weighted by molar-refractivity contribution is 0.263. The summed E-state index contributed by atoms with van der Waals surface area (Å²) < 4.78 is 5.25. The standard InChI is InChI=1S/C13H16N2O2/c1-9-2-4-10(5-3-9)13-7-12(15-17-13)6-11(14)8-16/h2-5,7,11,16H,6,8,14H2,1H3. The molecule has 1 heterocycles. The van der Waals surface area contributed by atoms with Crippen LogP contribution in [0.4, 0.5) is 0 Å². The first-order chi connectivity index (χ1) is 8.19. The minimum Gasteiger partial charge on any atom is -0.395 e. The van der Waals surface area contributed by atoms with Crippen LogP contribution in [0.25, 0.3) is 11.3 Å². The predicted molar refractivity (Wildman–Crippen MR) is 65.4 cm³/mol. The van der Waals surface area contributed by atoms with Crippen molar-refractivity contribution in [2.75, 3.05) is 6.61 Å². The van der Waals surface area contributed by atoms with E-state index in [2.05, 4.69) is 5.16 Å². The highest BCUT2D eigenvalue weighted by Gasteiger charge is 2.09. The molecule has 0 aliphatic carbocycles. The summed E-state index contributed by atoms with van der Waals surface area (Å²) in [6, 6.07) is 9.61. The second-order valence-electron chi connectivity index (χ2n) is 4.20. The van der Waals surface area contributed by atoms with Crippen molar-refractivity contribution in [2.45, 2.75) is 19.4 Å². The molecule has 0 radical (unpaired) electrons. The maximum Gasteiger partial charge on any atom is 0.167 e. The van der Waals surface area contributed by atoms with E-state index in [1.54, 1.807) is 0 Å². The zero-order valence-corrected chi connectivity index (χ0v) is 9.76. The molecular formula is C13H16N2O2. The molecule has 17 heavy (non-hydrogen) atoms. The molecule has 1 aromatic heterocycles. The number of rotatable bonds is 4. The van der Waals surface area contributed by atoms with Crippen molar-refractivity contribution in [2.24, 2.45) is 5.73 Å². The minimum atomic E-state index is -0.286. The van der Waals surface area contributed by atoms with Crippen LogP contribution in [0.1, 0.15) is 11.3 Å². The quantitative estimate of drug-likeness (QED) is 0.838. The van der Waals surface area contributed by atoms with Crippen LogP contribution in [0, 0.1) is 6.92 Å². The molecule has 0 amide bonds. The van der Waals surface area contributed by atoms with Crippen LogP contribution in [0.3, 0.4) is 0 Å². The number of aliphatic hydroxyl groups is 1. The van der Waals surface area contributed by atoms with Crippen LogP contribution < -0.4 is 5.73 Å². The fourth-order valence-electron chi connectivity index (χ4n) is 1.60. The maximum absolute atomic E-state index is 8.87. The van der Waals surface area contributed by atoms with Gasteiger partial charge in [0.1, 0.15) is 0 Å². The molecule has 0 aliphatic heterocycles. The molecule has 0 spiro atoms. The number of nitrogens with zero attached hydrogens (tertiary/aromatic N) is 1. The number of aryl methyl sites for hydroxylation is 1. The van der Waals surface area contributed by atoms with Gasteiger partial charge in [-0.2, -0.15) is 0 Å². The first kappa shape index (κ1) is 11.8.